The van der Waals surface area contributed by atoms with Gasteiger partial charge in [-0.1, -0.05) is 32.0 Å². The fraction of sp³-hybridized carbons (Fsp3) is 0.600. The van der Waals surface area contributed by atoms with Crippen LogP contribution in [-0.4, -0.2) is 12.6 Å². The van der Waals surface area contributed by atoms with Crippen LogP contribution in [0.2, 0.25) is 0 Å². The summed E-state index contributed by atoms with van der Waals surface area (Å²) in [5, 5.41) is 3.58. The van der Waals surface area contributed by atoms with E-state index in [0.29, 0.717) is 12.0 Å². The van der Waals surface area contributed by atoms with Gasteiger partial charge in [-0.25, -0.2) is 0 Å². The molecule has 0 aliphatic carbocycles. The van der Waals surface area contributed by atoms with Gasteiger partial charge in [-0.05, 0) is 56.3 Å². The number of benzene rings is 1. The third-order valence-corrected chi connectivity index (χ3v) is 3.49. The Morgan fingerprint density at radius 1 is 1.06 bits per heavy atom. The fourth-order valence-corrected chi connectivity index (χ4v) is 1.90. The first kappa shape index (κ1) is 13.2. The zero-order valence-electron chi connectivity index (χ0n) is 11.3. The Morgan fingerprint density at radius 2 is 1.62 bits per heavy atom. The standard InChI is InChI=1S/C15H25N/c1-11(2)14(5)16-10-9-15-12(3)7-6-8-13(15)4/h6-8,11,14,16H,9-10H2,1-5H3. The lowest BCUT2D eigenvalue weighted by atomic mass is 9.99. The van der Waals surface area contributed by atoms with Crippen molar-refractivity contribution in [2.75, 3.05) is 6.54 Å². The second kappa shape index (κ2) is 6.05. The van der Waals surface area contributed by atoms with Crippen LogP contribution in [0.4, 0.5) is 0 Å². The van der Waals surface area contributed by atoms with Crippen LogP contribution in [-0.2, 0) is 6.42 Å². The molecule has 16 heavy (non-hydrogen) atoms. The summed E-state index contributed by atoms with van der Waals surface area (Å²) in [5.41, 5.74) is 4.34. The molecule has 1 heteroatoms. The molecule has 0 heterocycles. The average Bonchev–Trinajstić information content (AvgIpc) is 2.22. The molecule has 1 atom stereocenters. The van der Waals surface area contributed by atoms with Crippen LogP contribution in [0, 0.1) is 19.8 Å². The summed E-state index contributed by atoms with van der Waals surface area (Å²) in [6.07, 6.45) is 1.13. The second-order valence-corrected chi connectivity index (χ2v) is 5.11. The summed E-state index contributed by atoms with van der Waals surface area (Å²) in [7, 11) is 0. The van der Waals surface area contributed by atoms with Crippen molar-refractivity contribution >= 4 is 0 Å². The molecule has 1 unspecified atom stereocenters. The van der Waals surface area contributed by atoms with Crippen LogP contribution >= 0.6 is 0 Å². The number of hydrogen-bond acceptors (Lipinski definition) is 1. The van der Waals surface area contributed by atoms with Gasteiger partial charge in [0, 0.05) is 6.04 Å². The van der Waals surface area contributed by atoms with Crippen molar-refractivity contribution in [3.63, 3.8) is 0 Å². The number of rotatable bonds is 5. The van der Waals surface area contributed by atoms with Crippen LogP contribution < -0.4 is 5.32 Å². The highest BCUT2D eigenvalue weighted by Crippen LogP contribution is 2.13. The van der Waals surface area contributed by atoms with Gasteiger partial charge in [-0.3, -0.25) is 0 Å². The molecule has 0 radical (unpaired) electrons. The molecule has 1 aromatic rings. The van der Waals surface area contributed by atoms with Crippen LogP contribution in [0.5, 0.6) is 0 Å². The molecule has 0 aliphatic heterocycles. The maximum atomic E-state index is 3.58. The number of nitrogens with one attached hydrogen (secondary N) is 1. The Bertz CT molecular complexity index is 308. The Morgan fingerprint density at radius 3 is 2.12 bits per heavy atom. The normalized spacial score (nSPS) is 13.1. The topological polar surface area (TPSA) is 12.0 Å². The van der Waals surface area contributed by atoms with Crippen molar-refractivity contribution in [3.05, 3.63) is 34.9 Å². The lowest BCUT2D eigenvalue weighted by molar-refractivity contribution is 0.430. The minimum atomic E-state index is 0.601. The van der Waals surface area contributed by atoms with Gasteiger partial charge in [0.1, 0.15) is 0 Å². The Balaban J connectivity index is 2.49. The summed E-state index contributed by atoms with van der Waals surface area (Å²) in [5.74, 6) is 0.706. The maximum absolute atomic E-state index is 3.58. The first-order valence-electron chi connectivity index (χ1n) is 6.31. The molecule has 0 amide bonds. The molecule has 1 N–H and O–H groups in total. The highest BCUT2D eigenvalue weighted by molar-refractivity contribution is 5.33. The Hall–Kier alpha value is -0.820. The predicted octanol–water partition coefficient (Wildman–Crippen LogP) is 3.48. The van der Waals surface area contributed by atoms with E-state index in [4.69, 9.17) is 0 Å². The van der Waals surface area contributed by atoms with Crippen LogP contribution in [0.15, 0.2) is 18.2 Å². The lowest BCUT2D eigenvalue weighted by Gasteiger charge is -2.18. The third kappa shape index (κ3) is 3.64. The largest absolute Gasteiger partial charge is 0.314 e. The zero-order chi connectivity index (χ0) is 12.1. The van der Waals surface area contributed by atoms with Gasteiger partial charge in [0.05, 0.1) is 0 Å². The average molecular weight is 219 g/mol. The van der Waals surface area contributed by atoms with E-state index in [-0.39, 0.29) is 0 Å². The highest BCUT2D eigenvalue weighted by atomic mass is 14.9. The maximum Gasteiger partial charge on any atom is 0.00618 e. The van der Waals surface area contributed by atoms with Gasteiger partial charge in [0.25, 0.3) is 0 Å². The molecule has 0 aromatic heterocycles. The van der Waals surface area contributed by atoms with E-state index < -0.39 is 0 Å². The number of aryl methyl sites for hydroxylation is 2. The molecule has 90 valence electrons. The molecular weight excluding hydrogens is 194 g/mol. The van der Waals surface area contributed by atoms with E-state index in [9.17, 15) is 0 Å². The second-order valence-electron chi connectivity index (χ2n) is 5.11. The monoisotopic (exact) mass is 219 g/mol. The Labute approximate surface area is 100 Å². The van der Waals surface area contributed by atoms with E-state index in [1.165, 1.54) is 16.7 Å². The zero-order valence-corrected chi connectivity index (χ0v) is 11.3. The molecule has 0 saturated heterocycles. The minimum absolute atomic E-state index is 0.601. The molecule has 0 bridgehead atoms. The van der Waals surface area contributed by atoms with Crippen LogP contribution in [0.1, 0.15) is 37.5 Å². The van der Waals surface area contributed by atoms with Gasteiger partial charge in [0.2, 0.25) is 0 Å². The van der Waals surface area contributed by atoms with Crippen molar-refractivity contribution in [1.29, 1.82) is 0 Å². The van der Waals surface area contributed by atoms with Gasteiger partial charge >= 0.3 is 0 Å². The summed E-state index contributed by atoms with van der Waals surface area (Å²) < 4.78 is 0. The molecule has 0 aliphatic rings. The molecule has 1 aromatic carbocycles. The van der Waals surface area contributed by atoms with Crippen LogP contribution in [0.25, 0.3) is 0 Å². The SMILES string of the molecule is Cc1cccc(C)c1CCNC(C)C(C)C. The molecule has 1 nitrogen and oxygen atoms in total. The summed E-state index contributed by atoms with van der Waals surface area (Å²) in [6, 6.07) is 7.14. The summed E-state index contributed by atoms with van der Waals surface area (Å²) in [6.45, 7) is 12.3. The lowest BCUT2D eigenvalue weighted by Crippen LogP contribution is -2.32. The summed E-state index contributed by atoms with van der Waals surface area (Å²) >= 11 is 0. The van der Waals surface area contributed by atoms with Crippen molar-refractivity contribution in [2.24, 2.45) is 5.92 Å². The van der Waals surface area contributed by atoms with Gasteiger partial charge in [0.15, 0.2) is 0 Å². The van der Waals surface area contributed by atoms with E-state index >= 15 is 0 Å². The molecule has 0 fully saturated rings. The molecule has 1 rings (SSSR count). The van der Waals surface area contributed by atoms with E-state index in [0.717, 1.165) is 13.0 Å². The Kier molecular flexibility index (Phi) is 5.01. The minimum Gasteiger partial charge on any atom is -0.314 e. The van der Waals surface area contributed by atoms with Crippen molar-refractivity contribution in [3.8, 4) is 0 Å². The first-order valence-corrected chi connectivity index (χ1v) is 6.31. The van der Waals surface area contributed by atoms with E-state index in [1.807, 2.05) is 0 Å². The predicted molar refractivity (Wildman–Crippen MR) is 71.9 cm³/mol. The van der Waals surface area contributed by atoms with Crippen molar-refractivity contribution in [2.45, 2.75) is 47.1 Å². The van der Waals surface area contributed by atoms with E-state index in [1.54, 1.807) is 0 Å². The van der Waals surface area contributed by atoms with Crippen molar-refractivity contribution in [1.82, 2.24) is 5.32 Å². The van der Waals surface area contributed by atoms with Crippen molar-refractivity contribution < 1.29 is 0 Å². The third-order valence-electron chi connectivity index (χ3n) is 3.49. The van der Waals surface area contributed by atoms with Gasteiger partial charge in [-0.2, -0.15) is 0 Å². The van der Waals surface area contributed by atoms with Gasteiger partial charge in [-0.15, -0.1) is 0 Å². The first-order chi connectivity index (χ1) is 7.52. The number of hydrogen-bond donors (Lipinski definition) is 1. The van der Waals surface area contributed by atoms with Gasteiger partial charge < -0.3 is 5.32 Å². The van der Waals surface area contributed by atoms with Crippen LogP contribution in [0.3, 0.4) is 0 Å². The highest BCUT2D eigenvalue weighted by Gasteiger charge is 2.06. The quantitative estimate of drug-likeness (QED) is 0.799. The molecular formula is C15H25N. The fourth-order valence-electron chi connectivity index (χ4n) is 1.90. The molecule has 0 saturated carbocycles. The molecule has 0 spiro atoms. The summed E-state index contributed by atoms with van der Waals surface area (Å²) in [4.78, 5) is 0. The van der Waals surface area contributed by atoms with E-state index in [2.05, 4.69) is 58.1 Å². The smallest absolute Gasteiger partial charge is 0.00618 e.